The maximum Gasteiger partial charge on any atom is 0.176 e. The van der Waals surface area contributed by atoms with E-state index in [0.29, 0.717) is 5.11 Å². The first-order chi connectivity index (χ1) is 8.29. The average Bonchev–Trinajstić information content (AvgIpc) is 2.82. The van der Waals surface area contributed by atoms with Gasteiger partial charge in [-0.05, 0) is 30.3 Å². The molecule has 0 saturated carbocycles. The van der Waals surface area contributed by atoms with Crippen LogP contribution in [0.1, 0.15) is 12.5 Å². The number of rotatable bonds is 3. The molecule has 0 amide bonds. The number of aryl methyl sites for hydroxylation is 1. The van der Waals surface area contributed by atoms with Crippen LogP contribution < -0.4 is 10.6 Å². The van der Waals surface area contributed by atoms with Crippen LogP contribution >= 0.6 is 12.2 Å². The molecule has 1 aromatic heterocycles. The first kappa shape index (κ1) is 11.6. The molecule has 0 saturated heterocycles. The van der Waals surface area contributed by atoms with Crippen LogP contribution in [0.2, 0.25) is 0 Å². The Morgan fingerprint density at radius 2 is 2.12 bits per heavy atom. The number of thiocarbonyl (C=S) groups is 1. The van der Waals surface area contributed by atoms with Gasteiger partial charge < -0.3 is 10.6 Å². The minimum atomic E-state index is 0.551. The molecule has 0 atom stereocenters. The van der Waals surface area contributed by atoms with Gasteiger partial charge in [0.05, 0.1) is 6.20 Å². The molecule has 5 heteroatoms. The smallest absolute Gasteiger partial charge is 0.176 e. The zero-order valence-corrected chi connectivity index (χ0v) is 10.3. The minimum absolute atomic E-state index is 0.551. The van der Waals surface area contributed by atoms with Crippen molar-refractivity contribution in [1.82, 2.24) is 10.2 Å². The normalized spacial score (nSPS) is 9.94. The number of benzene rings is 1. The van der Waals surface area contributed by atoms with Crippen LogP contribution in [-0.2, 0) is 6.42 Å². The summed E-state index contributed by atoms with van der Waals surface area (Å²) < 4.78 is 0. The maximum absolute atomic E-state index is 5.22. The molecule has 88 valence electrons. The molecule has 1 heterocycles. The molecule has 0 aliphatic rings. The summed E-state index contributed by atoms with van der Waals surface area (Å²) in [6.45, 7) is 2.12. The second-order valence-electron chi connectivity index (χ2n) is 3.56. The van der Waals surface area contributed by atoms with Gasteiger partial charge in [0.1, 0.15) is 5.82 Å². The van der Waals surface area contributed by atoms with Gasteiger partial charge in [0.2, 0.25) is 0 Å². The van der Waals surface area contributed by atoms with E-state index >= 15 is 0 Å². The van der Waals surface area contributed by atoms with Crippen molar-refractivity contribution in [2.75, 3.05) is 10.6 Å². The first-order valence-corrected chi connectivity index (χ1v) is 5.85. The molecule has 0 bridgehead atoms. The van der Waals surface area contributed by atoms with Gasteiger partial charge in [0, 0.05) is 11.8 Å². The Hall–Kier alpha value is -1.88. The number of para-hydroxylation sites is 1. The van der Waals surface area contributed by atoms with Crippen molar-refractivity contribution in [3.05, 3.63) is 42.1 Å². The van der Waals surface area contributed by atoms with Gasteiger partial charge in [0.15, 0.2) is 5.11 Å². The van der Waals surface area contributed by atoms with Gasteiger partial charge in [-0.3, -0.25) is 5.10 Å². The van der Waals surface area contributed by atoms with E-state index < -0.39 is 0 Å². The fourth-order valence-corrected chi connectivity index (χ4v) is 1.77. The van der Waals surface area contributed by atoms with Crippen molar-refractivity contribution in [2.45, 2.75) is 13.3 Å². The molecule has 1 aromatic carbocycles. The molecule has 0 aliphatic heterocycles. The molecule has 2 rings (SSSR count). The number of anilines is 2. The summed E-state index contributed by atoms with van der Waals surface area (Å²) in [6, 6.07) is 9.93. The van der Waals surface area contributed by atoms with Crippen LogP contribution in [0.15, 0.2) is 36.5 Å². The van der Waals surface area contributed by atoms with E-state index in [1.54, 1.807) is 6.20 Å². The van der Waals surface area contributed by atoms with E-state index in [-0.39, 0.29) is 0 Å². The Morgan fingerprint density at radius 3 is 2.82 bits per heavy atom. The van der Waals surface area contributed by atoms with Gasteiger partial charge in [-0.15, -0.1) is 0 Å². The van der Waals surface area contributed by atoms with E-state index in [4.69, 9.17) is 12.2 Å². The SMILES string of the molecule is CCc1ccccc1NC(=S)Nc1ccn[nH]1. The standard InChI is InChI=1S/C12H14N4S/c1-2-9-5-3-4-6-10(9)14-12(17)15-11-7-8-13-16-11/h3-8H,2H2,1H3,(H3,13,14,15,16,17). The quantitative estimate of drug-likeness (QED) is 0.729. The fraction of sp³-hybridized carbons (Fsp3) is 0.167. The third-order valence-electron chi connectivity index (χ3n) is 2.40. The number of aromatic amines is 1. The molecule has 3 N–H and O–H groups in total. The highest BCUT2D eigenvalue weighted by Crippen LogP contribution is 2.15. The van der Waals surface area contributed by atoms with Crippen LogP contribution in [0.25, 0.3) is 0 Å². The van der Waals surface area contributed by atoms with Gasteiger partial charge in [-0.2, -0.15) is 5.10 Å². The summed E-state index contributed by atoms with van der Waals surface area (Å²) in [5, 5.41) is 13.4. The highest BCUT2D eigenvalue weighted by Gasteiger charge is 2.02. The first-order valence-electron chi connectivity index (χ1n) is 5.45. The van der Waals surface area contributed by atoms with Crippen LogP contribution in [0.4, 0.5) is 11.5 Å². The molecular formula is C12H14N4S. The zero-order chi connectivity index (χ0) is 12.1. The van der Waals surface area contributed by atoms with E-state index in [1.807, 2.05) is 24.3 Å². The van der Waals surface area contributed by atoms with Crippen LogP contribution in [0, 0.1) is 0 Å². The lowest BCUT2D eigenvalue weighted by Crippen LogP contribution is -2.20. The molecular weight excluding hydrogens is 232 g/mol. The van der Waals surface area contributed by atoms with Gasteiger partial charge >= 0.3 is 0 Å². The third kappa shape index (κ3) is 3.04. The number of nitrogens with zero attached hydrogens (tertiary/aromatic N) is 1. The van der Waals surface area contributed by atoms with Crippen LogP contribution in [0.5, 0.6) is 0 Å². The van der Waals surface area contributed by atoms with Crippen molar-refractivity contribution in [1.29, 1.82) is 0 Å². The number of nitrogens with one attached hydrogen (secondary N) is 3. The second-order valence-corrected chi connectivity index (χ2v) is 3.97. The molecule has 0 aliphatic carbocycles. The topological polar surface area (TPSA) is 52.7 Å². The molecule has 0 unspecified atom stereocenters. The zero-order valence-electron chi connectivity index (χ0n) is 9.53. The minimum Gasteiger partial charge on any atom is -0.332 e. The third-order valence-corrected chi connectivity index (χ3v) is 2.60. The number of hydrogen-bond acceptors (Lipinski definition) is 2. The Morgan fingerprint density at radius 1 is 1.29 bits per heavy atom. The fourth-order valence-electron chi connectivity index (χ4n) is 1.55. The monoisotopic (exact) mass is 246 g/mol. The Kier molecular flexibility index (Phi) is 3.72. The molecule has 0 spiro atoms. The highest BCUT2D eigenvalue weighted by molar-refractivity contribution is 7.80. The largest absolute Gasteiger partial charge is 0.332 e. The van der Waals surface area contributed by atoms with Gasteiger partial charge in [-0.1, -0.05) is 25.1 Å². The number of hydrogen-bond donors (Lipinski definition) is 3. The molecule has 17 heavy (non-hydrogen) atoms. The second kappa shape index (κ2) is 5.45. The predicted octanol–water partition coefficient (Wildman–Crippen LogP) is 2.78. The van der Waals surface area contributed by atoms with Crippen molar-refractivity contribution >= 4 is 28.8 Å². The molecule has 0 radical (unpaired) electrons. The van der Waals surface area contributed by atoms with Gasteiger partial charge in [-0.25, -0.2) is 0 Å². The van der Waals surface area contributed by atoms with E-state index in [2.05, 4.69) is 33.8 Å². The highest BCUT2D eigenvalue weighted by atomic mass is 32.1. The summed E-state index contributed by atoms with van der Waals surface area (Å²) in [7, 11) is 0. The molecule has 4 nitrogen and oxygen atoms in total. The predicted molar refractivity (Wildman–Crippen MR) is 74.3 cm³/mol. The lowest BCUT2D eigenvalue weighted by Gasteiger charge is -2.12. The van der Waals surface area contributed by atoms with Crippen molar-refractivity contribution in [2.24, 2.45) is 0 Å². The summed E-state index contributed by atoms with van der Waals surface area (Å²) in [5.74, 6) is 0.775. The lowest BCUT2D eigenvalue weighted by molar-refractivity contribution is 1.10. The van der Waals surface area contributed by atoms with Crippen molar-refractivity contribution in [3.63, 3.8) is 0 Å². The van der Waals surface area contributed by atoms with Crippen LogP contribution in [-0.4, -0.2) is 15.3 Å². The number of H-pyrrole nitrogens is 1. The van der Waals surface area contributed by atoms with E-state index in [1.165, 1.54) is 5.56 Å². The van der Waals surface area contributed by atoms with Crippen molar-refractivity contribution < 1.29 is 0 Å². The lowest BCUT2D eigenvalue weighted by atomic mass is 10.1. The van der Waals surface area contributed by atoms with Crippen molar-refractivity contribution in [3.8, 4) is 0 Å². The summed E-state index contributed by atoms with van der Waals surface area (Å²) in [5.41, 5.74) is 2.27. The average molecular weight is 246 g/mol. The molecule has 0 fully saturated rings. The van der Waals surface area contributed by atoms with Crippen LogP contribution in [0.3, 0.4) is 0 Å². The maximum atomic E-state index is 5.22. The Bertz CT molecular complexity index is 493. The van der Waals surface area contributed by atoms with Gasteiger partial charge in [0.25, 0.3) is 0 Å². The summed E-state index contributed by atoms with van der Waals surface area (Å²) >= 11 is 5.22. The van der Waals surface area contributed by atoms with E-state index in [9.17, 15) is 0 Å². The Balaban J connectivity index is 2.03. The Labute approximate surface area is 105 Å². The van der Waals surface area contributed by atoms with E-state index in [0.717, 1.165) is 17.9 Å². The summed E-state index contributed by atoms with van der Waals surface area (Å²) in [4.78, 5) is 0. The number of aromatic nitrogens is 2. The molecule has 2 aromatic rings. The summed E-state index contributed by atoms with van der Waals surface area (Å²) in [6.07, 6.45) is 2.64.